The van der Waals surface area contributed by atoms with Crippen molar-refractivity contribution in [2.75, 3.05) is 5.43 Å². The van der Waals surface area contributed by atoms with Gasteiger partial charge in [0, 0.05) is 12.0 Å². The van der Waals surface area contributed by atoms with Crippen molar-refractivity contribution in [3.8, 4) is 5.75 Å². The van der Waals surface area contributed by atoms with Crippen LogP contribution in [0.15, 0.2) is 47.8 Å². The summed E-state index contributed by atoms with van der Waals surface area (Å²) in [6, 6.07) is 12.8. The van der Waals surface area contributed by atoms with Gasteiger partial charge in [-0.05, 0) is 30.2 Å². The van der Waals surface area contributed by atoms with Gasteiger partial charge in [0.15, 0.2) is 0 Å². The first-order chi connectivity index (χ1) is 11.2. The van der Waals surface area contributed by atoms with E-state index in [9.17, 15) is 14.8 Å². The molecule has 23 heavy (non-hydrogen) atoms. The summed E-state index contributed by atoms with van der Waals surface area (Å²) in [6.07, 6.45) is 0.202. The maximum absolute atomic E-state index is 11.2. The van der Waals surface area contributed by atoms with E-state index >= 15 is 0 Å². The number of aliphatic hydroxyl groups is 1. The smallest absolute Gasteiger partial charge is 0.150 e. The van der Waals surface area contributed by atoms with Crippen molar-refractivity contribution in [1.29, 1.82) is 0 Å². The third-order valence-electron chi connectivity index (χ3n) is 3.33. The summed E-state index contributed by atoms with van der Waals surface area (Å²) in [5.41, 5.74) is 4.49. The number of benzene rings is 2. The molecule has 0 saturated carbocycles. The standard InChI is InChI=1S/C17H18N2O4/c1-12(21)9-15-14(10-20)7-8-16(17(15)18-19-22)23-11-13-5-3-2-4-6-13/h2-8,10,12,21H,9,11H2,1H3,(H,18,22)/t12-/m1/s1. The normalized spacial score (nSPS) is 11.6. The number of hydrogen-bond acceptors (Lipinski definition) is 5. The van der Waals surface area contributed by atoms with Crippen LogP contribution in [-0.2, 0) is 13.0 Å². The molecular formula is C17H18N2O4. The Morgan fingerprint density at radius 2 is 2.00 bits per heavy atom. The number of aliphatic hydroxyl groups excluding tert-OH is 1. The molecule has 0 heterocycles. The number of nitrogens with one attached hydrogen (secondary N) is 1. The summed E-state index contributed by atoms with van der Waals surface area (Å²) >= 11 is 0. The number of ether oxygens (including phenoxy) is 1. The van der Waals surface area contributed by atoms with E-state index in [0.717, 1.165) is 5.56 Å². The fourth-order valence-corrected chi connectivity index (χ4v) is 2.29. The molecule has 2 aromatic carbocycles. The quantitative estimate of drug-likeness (QED) is 0.444. The van der Waals surface area contributed by atoms with Gasteiger partial charge >= 0.3 is 0 Å². The SMILES string of the molecule is C[C@@H](O)Cc1c(C=O)ccc(OCc2ccccc2)c1NN=O. The average molecular weight is 314 g/mol. The number of anilines is 1. The number of aldehydes is 1. The number of rotatable bonds is 8. The Kier molecular flexibility index (Phi) is 5.82. The second-order valence-electron chi connectivity index (χ2n) is 5.15. The van der Waals surface area contributed by atoms with Crippen molar-refractivity contribution in [1.82, 2.24) is 0 Å². The highest BCUT2D eigenvalue weighted by Gasteiger charge is 2.16. The van der Waals surface area contributed by atoms with Crippen molar-refractivity contribution >= 4 is 12.0 Å². The second-order valence-corrected chi connectivity index (χ2v) is 5.15. The van der Waals surface area contributed by atoms with Crippen molar-refractivity contribution in [2.45, 2.75) is 26.1 Å². The van der Waals surface area contributed by atoms with E-state index in [0.29, 0.717) is 35.5 Å². The summed E-state index contributed by atoms with van der Waals surface area (Å²) in [7, 11) is 0. The zero-order valence-corrected chi connectivity index (χ0v) is 12.7. The Hall–Kier alpha value is -2.73. The second kappa shape index (κ2) is 8.05. The molecule has 2 N–H and O–H groups in total. The predicted octanol–water partition coefficient (Wildman–Crippen LogP) is 3.09. The molecule has 0 amide bonds. The van der Waals surface area contributed by atoms with Gasteiger partial charge in [-0.15, -0.1) is 4.91 Å². The summed E-state index contributed by atoms with van der Waals surface area (Å²) in [5.74, 6) is 0.398. The molecule has 0 fully saturated rings. The van der Waals surface area contributed by atoms with Crippen LogP contribution in [0.4, 0.5) is 5.69 Å². The molecule has 6 heteroatoms. The molecule has 0 saturated heterocycles. The Bertz CT molecular complexity index is 672. The predicted molar refractivity (Wildman–Crippen MR) is 87.4 cm³/mol. The number of carbonyl (C=O) groups excluding carboxylic acids is 1. The molecule has 120 valence electrons. The zero-order valence-electron chi connectivity index (χ0n) is 12.7. The molecule has 2 aromatic rings. The highest BCUT2D eigenvalue weighted by atomic mass is 16.5. The molecule has 0 bridgehead atoms. The van der Waals surface area contributed by atoms with E-state index in [4.69, 9.17) is 4.74 Å². The van der Waals surface area contributed by atoms with Crippen LogP contribution in [0.25, 0.3) is 0 Å². The largest absolute Gasteiger partial charge is 0.487 e. The summed E-state index contributed by atoms with van der Waals surface area (Å²) in [5, 5.41) is 12.3. The Balaban J connectivity index is 2.33. The van der Waals surface area contributed by atoms with Gasteiger partial charge in [-0.2, -0.15) is 0 Å². The first-order valence-corrected chi connectivity index (χ1v) is 7.20. The Morgan fingerprint density at radius 1 is 1.26 bits per heavy atom. The fourth-order valence-electron chi connectivity index (χ4n) is 2.29. The Morgan fingerprint density at radius 3 is 2.61 bits per heavy atom. The minimum absolute atomic E-state index is 0.203. The molecular weight excluding hydrogens is 296 g/mol. The summed E-state index contributed by atoms with van der Waals surface area (Å²) < 4.78 is 5.74. The van der Waals surface area contributed by atoms with Crippen LogP contribution in [0, 0.1) is 4.91 Å². The lowest BCUT2D eigenvalue weighted by molar-refractivity contribution is 0.112. The van der Waals surface area contributed by atoms with Crippen LogP contribution in [0.1, 0.15) is 28.4 Å². The zero-order chi connectivity index (χ0) is 16.7. The van der Waals surface area contributed by atoms with E-state index in [-0.39, 0.29) is 6.42 Å². The third-order valence-corrected chi connectivity index (χ3v) is 3.33. The van der Waals surface area contributed by atoms with Gasteiger partial charge in [0.2, 0.25) is 0 Å². The molecule has 0 radical (unpaired) electrons. The molecule has 0 aromatic heterocycles. The van der Waals surface area contributed by atoms with E-state index < -0.39 is 6.10 Å². The molecule has 0 aliphatic carbocycles. The van der Waals surface area contributed by atoms with Gasteiger partial charge in [-0.1, -0.05) is 30.3 Å². The molecule has 6 nitrogen and oxygen atoms in total. The molecule has 2 rings (SSSR count). The van der Waals surface area contributed by atoms with Gasteiger partial charge in [-0.25, -0.2) is 5.43 Å². The van der Waals surface area contributed by atoms with Gasteiger partial charge in [0.05, 0.1) is 11.4 Å². The van der Waals surface area contributed by atoms with Crippen LogP contribution in [-0.4, -0.2) is 17.5 Å². The van der Waals surface area contributed by atoms with Crippen molar-refractivity contribution < 1.29 is 14.6 Å². The van der Waals surface area contributed by atoms with Crippen LogP contribution in [0.5, 0.6) is 5.75 Å². The topological polar surface area (TPSA) is 88.0 Å². The average Bonchev–Trinajstić information content (AvgIpc) is 2.55. The van der Waals surface area contributed by atoms with Gasteiger partial charge in [0.1, 0.15) is 24.3 Å². The fraction of sp³-hybridized carbons (Fsp3) is 0.235. The lowest BCUT2D eigenvalue weighted by Crippen LogP contribution is -2.10. The van der Waals surface area contributed by atoms with Crippen molar-refractivity contribution in [3.05, 3.63) is 64.1 Å². The first kappa shape index (κ1) is 16.6. The summed E-state index contributed by atoms with van der Waals surface area (Å²) in [6.45, 7) is 1.91. The van der Waals surface area contributed by atoms with Crippen molar-refractivity contribution in [2.24, 2.45) is 5.29 Å². The molecule has 0 unspecified atom stereocenters. The minimum atomic E-state index is -0.676. The molecule has 0 spiro atoms. The van der Waals surface area contributed by atoms with Crippen LogP contribution in [0.2, 0.25) is 0 Å². The number of hydrogen-bond donors (Lipinski definition) is 2. The number of carbonyl (C=O) groups is 1. The highest BCUT2D eigenvalue weighted by molar-refractivity contribution is 5.83. The third kappa shape index (κ3) is 4.37. The van der Waals surface area contributed by atoms with Gasteiger partial charge in [0.25, 0.3) is 0 Å². The molecule has 0 aliphatic heterocycles. The van der Waals surface area contributed by atoms with Crippen LogP contribution >= 0.6 is 0 Å². The maximum atomic E-state index is 11.2. The van der Waals surface area contributed by atoms with E-state index in [2.05, 4.69) is 10.7 Å². The van der Waals surface area contributed by atoms with E-state index in [1.807, 2.05) is 30.3 Å². The van der Waals surface area contributed by atoms with Gasteiger partial charge < -0.3 is 9.84 Å². The minimum Gasteiger partial charge on any atom is -0.487 e. The van der Waals surface area contributed by atoms with Crippen LogP contribution < -0.4 is 10.2 Å². The van der Waals surface area contributed by atoms with E-state index in [1.165, 1.54) is 0 Å². The van der Waals surface area contributed by atoms with Gasteiger partial charge in [-0.3, -0.25) is 4.79 Å². The first-order valence-electron chi connectivity index (χ1n) is 7.20. The lowest BCUT2D eigenvalue weighted by Gasteiger charge is -2.17. The van der Waals surface area contributed by atoms with E-state index in [1.54, 1.807) is 19.1 Å². The van der Waals surface area contributed by atoms with Crippen molar-refractivity contribution in [3.63, 3.8) is 0 Å². The lowest BCUT2D eigenvalue weighted by atomic mass is 10.00. The van der Waals surface area contributed by atoms with Crippen LogP contribution in [0.3, 0.4) is 0 Å². The number of nitrogens with zero attached hydrogens (tertiary/aromatic N) is 1. The molecule has 1 atom stereocenters. The monoisotopic (exact) mass is 314 g/mol. The Labute approximate surface area is 134 Å². The number of nitroso groups, excluding NO2 is 1. The molecule has 0 aliphatic rings. The highest BCUT2D eigenvalue weighted by Crippen LogP contribution is 2.32. The summed E-state index contributed by atoms with van der Waals surface area (Å²) in [4.78, 5) is 21.9. The maximum Gasteiger partial charge on any atom is 0.150 e.